The molecular formula is C24H20N2O2. The number of rotatable bonds is 5. The molecule has 4 rings (SSSR count). The third-order valence-electron chi connectivity index (χ3n) is 4.74. The van der Waals surface area contributed by atoms with Crippen LogP contribution in [0.2, 0.25) is 0 Å². The first kappa shape index (κ1) is 17.8. The van der Waals surface area contributed by atoms with Crippen molar-refractivity contribution < 1.29 is 10.0 Å². The van der Waals surface area contributed by atoms with Crippen LogP contribution in [-0.4, -0.2) is 11.1 Å². The van der Waals surface area contributed by atoms with Crippen LogP contribution in [-0.2, 0) is 11.3 Å². The Morgan fingerprint density at radius 3 is 2.36 bits per heavy atom. The highest BCUT2D eigenvalue weighted by molar-refractivity contribution is 6.32. The van der Waals surface area contributed by atoms with Gasteiger partial charge in [0.1, 0.15) is 0 Å². The minimum absolute atomic E-state index is 0.00883. The van der Waals surface area contributed by atoms with E-state index < -0.39 is 0 Å². The van der Waals surface area contributed by atoms with Gasteiger partial charge in [-0.05, 0) is 35.4 Å². The molecule has 28 heavy (non-hydrogen) atoms. The average molecular weight is 368 g/mol. The highest BCUT2D eigenvalue weighted by Crippen LogP contribution is 2.37. The van der Waals surface area contributed by atoms with Crippen molar-refractivity contribution >= 4 is 28.9 Å². The van der Waals surface area contributed by atoms with Gasteiger partial charge in [-0.3, -0.25) is 15.5 Å². The third kappa shape index (κ3) is 3.59. The Labute approximate surface area is 164 Å². The van der Waals surface area contributed by atoms with Crippen LogP contribution in [0.4, 0.5) is 11.4 Å². The Kier molecular flexibility index (Phi) is 5.04. The number of para-hydroxylation sites is 1. The molecule has 1 aliphatic rings. The van der Waals surface area contributed by atoms with Crippen LogP contribution < -0.4 is 10.4 Å². The topological polar surface area (TPSA) is 52.6 Å². The fourth-order valence-corrected chi connectivity index (χ4v) is 3.32. The number of hydrogen-bond donors (Lipinski definition) is 2. The third-order valence-corrected chi connectivity index (χ3v) is 4.74. The zero-order valence-corrected chi connectivity index (χ0v) is 15.2. The number of nitrogens with zero attached hydrogens (tertiary/aromatic N) is 1. The van der Waals surface area contributed by atoms with Gasteiger partial charge < -0.3 is 4.90 Å². The molecule has 138 valence electrons. The molecule has 2 N–H and O–H groups in total. The Morgan fingerprint density at radius 2 is 1.61 bits per heavy atom. The molecular weight excluding hydrogens is 348 g/mol. The standard InChI is InChI=1S/C24H20N2O2/c27-24-22(11-6-9-18-13-15-20(25-28)16-14-18)21-10-4-5-12-23(21)26(24)17-19-7-2-1-3-8-19/h1-16,25,28H,17H2/b9-6+,22-11-. The summed E-state index contributed by atoms with van der Waals surface area (Å²) >= 11 is 0. The van der Waals surface area contributed by atoms with Gasteiger partial charge in [0.25, 0.3) is 5.91 Å². The Hall–Kier alpha value is -3.63. The molecule has 0 saturated heterocycles. The number of amides is 1. The van der Waals surface area contributed by atoms with Gasteiger partial charge in [-0.2, -0.15) is 0 Å². The molecule has 0 fully saturated rings. The molecule has 1 amide bonds. The van der Waals surface area contributed by atoms with E-state index in [4.69, 9.17) is 5.21 Å². The molecule has 4 nitrogen and oxygen atoms in total. The van der Waals surface area contributed by atoms with Crippen LogP contribution in [0.25, 0.3) is 11.6 Å². The highest BCUT2D eigenvalue weighted by Gasteiger charge is 2.31. The summed E-state index contributed by atoms with van der Waals surface area (Å²) in [6.45, 7) is 0.549. The van der Waals surface area contributed by atoms with E-state index in [1.54, 1.807) is 12.1 Å². The maximum absolute atomic E-state index is 13.1. The van der Waals surface area contributed by atoms with Crippen LogP contribution in [0.5, 0.6) is 0 Å². The molecule has 4 heteroatoms. The summed E-state index contributed by atoms with van der Waals surface area (Å²) in [4.78, 5) is 14.9. The van der Waals surface area contributed by atoms with E-state index in [1.807, 2.05) is 89.9 Å². The van der Waals surface area contributed by atoms with Crippen molar-refractivity contribution in [1.29, 1.82) is 0 Å². The second-order valence-corrected chi connectivity index (χ2v) is 6.57. The number of carbonyl (C=O) groups excluding carboxylic acids is 1. The van der Waals surface area contributed by atoms with E-state index in [0.29, 0.717) is 17.8 Å². The molecule has 3 aromatic rings. The monoisotopic (exact) mass is 368 g/mol. The van der Waals surface area contributed by atoms with Gasteiger partial charge in [-0.25, -0.2) is 0 Å². The van der Waals surface area contributed by atoms with Crippen molar-refractivity contribution in [1.82, 2.24) is 0 Å². The molecule has 0 spiro atoms. The van der Waals surface area contributed by atoms with Gasteiger partial charge in [0.2, 0.25) is 0 Å². The summed E-state index contributed by atoms with van der Waals surface area (Å²) in [6.07, 6.45) is 5.69. The van der Waals surface area contributed by atoms with Crippen LogP contribution in [0.1, 0.15) is 16.7 Å². The van der Waals surface area contributed by atoms with Gasteiger partial charge in [0.15, 0.2) is 0 Å². The lowest BCUT2D eigenvalue weighted by atomic mass is 10.1. The first-order chi connectivity index (χ1) is 13.8. The number of benzene rings is 3. The minimum Gasteiger partial charge on any atom is -0.303 e. The molecule has 0 bridgehead atoms. The maximum atomic E-state index is 13.1. The van der Waals surface area contributed by atoms with E-state index in [1.165, 1.54) is 0 Å². The van der Waals surface area contributed by atoms with Crippen LogP contribution >= 0.6 is 0 Å². The predicted octanol–water partition coefficient (Wildman–Crippen LogP) is 5.13. The quantitative estimate of drug-likeness (QED) is 0.485. The van der Waals surface area contributed by atoms with Crippen LogP contribution in [0.3, 0.4) is 0 Å². The van der Waals surface area contributed by atoms with Crippen molar-refractivity contribution in [3.8, 4) is 0 Å². The van der Waals surface area contributed by atoms with Crippen molar-refractivity contribution in [3.63, 3.8) is 0 Å². The Bertz CT molecular complexity index is 1040. The summed E-state index contributed by atoms with van der Waals surface area (Å²) in [7, 11) is 0. The highest BCUT2D eigenvalue weighted by atomic mass is 16.5. The SMILES string of the molecule is O=C1/C(=C\C=C\c2ccc(NO)cc2)c2ccccc2N1Cc1ccccc1. The second kappa shape index (κ2) is 7.94. The largest absolute Gasteiger partial charge is 0.303 e. The van der Waals surface area contributed by atoms with E-state index >= 15 is 0 Å². The summed E-state index contributed by atoms with van der Waals surface area (Å²) in [6, 6.07) is 25.2. The number of fused-ring (bicyclic) bond motifs is 1. The Morgan fingerprint density at radius 1 is 0.893 bits per heavy atom. The average Bonchev–Trinajstić information content (AvgIpc) is 3.01. The van der Waals surface area contributed by atoms with Crippen molar-refractivity contribution in [2.24, 2.45) is 0 Å². The van der Waals surface area contributed by atoms with Crippen molar-refractivity contribution in [2.75, 3.05) is 10.4 Å². The van der Waals surface area contributed by atoms with Gasteiger partial charge in [-0.1, -0.05) is 72.8 Å². The lowest BCUT2D eigenvalue weighted by Gasteiger charge is -2.17. The molecule has 3 aromatic carbocycles. The van der Waals surface area contributed by atoms with Gasteiger partial charge >= 0.3 is 0 Å². The molecule has 0 aromatic heterocycles. The summed E-state index contributed by atoms with van der Waals surface area (Å²) in [5.41, 5.74) is 7.40. The van der Waals surface area contributed by atoms with Crippen LogP contribution in [0.15, 0.2) is 91.0 Å². The molecule has 0 saturated carbocycles. The van der Waals surface area contributed by atoms with E-state index in [-0.39, 0.29) is 5.91 Å². The second-order valence-electron chi connectivity index (χ2n) is 6.57. The number of allylic oxidation sites excluding steroid dienone is 2. The van der Waals surface area contributed by atoms with Crippen molar-refractivity contribution in [3.05, 3.63) is 108 Å². The molecule has 1 heterocycles. The summed E-state index contributed by atoms with van der Waals surface area (Å²) in [5, 5.41) is 8.88. The fraction of sp³-hybridized carbons (Fsp3) is 0.0417. The number of carbonyl (C=O) groups is 1. The first-order valence-electron chi connectivity index (χ1n) is 9.10. The predicted molar refractivity (Wildman–Crippen MR) is 113 cm³/mol. The van der Waals surface area contributed by atoms with Crippen molar-refractivity contribution in [2.45, 2.75) is 6.54 Å². The molecule has 0 unspecified atom stereocenters. The van der Waals surface area contributed by atoms with E-state index in [0.717, 1.165) is 22.4 Å². The molecule has 0 atom stereocenters. The molecule has 0 aliphatic carbocycles. The normalized spacial score (nSPS) is 14.7. The number of anilines is 2. The minimum atomic E-state index is 0.00883. The zero-order valence-electron chi connectivity index (χ0n) is 15.2. The maximum Gasteiger partial charge on any atom is 0.259 e. The van der Waals surface area contributed by atoms with Gasteiger partial charge in [0, 0.05) is 11.1 Å². The summed E-state index contributed by atoms with van der Waals surface area (Å²) in [5.74, 6) is 0.00883. The number of nitrogens with one attached hydrogen (secondary N) is 1. The number of hydrogen-bond acceptors (Lipinski definition) is 3. The smallest absolute Gasteiger partial charge is 0.259 e. The lowest BCUT2D eigenvalue weighted by molar-refractivity contribution is -0.113. The Balaban J connectivity index is 1.61. The lowest BCUT2D eigenvalue weighted by Crippen LogP contribution is -2.25. The first-order valence-corrected chi connectivity index (χ1v) is 9.10. The molecule has 0 radical (unpaired) electrons. The van der Waals surface area contributed by atoms with E-state index in [9.17, 15) is 4.79 Å². The van der Waals surface area contributed by atoms with E-state index in [2.05, 4.69) is 5.48 Å². The van der Waals surface area contributed by atoms with Gasteiger partial charge in [-0.15, -0.1) is 0 Å². The fourth-order valence-electron chi connectivity index (χ4n) is 3.32. The zero-order chi connectivity index (χ0) is 19.3. The van der Waals surface area contributed by atoms with Crippen LogP contribution in [0, 0.1) is 0 Å². The summed E-state index contributed by atoms with van der Waals surface area (Å²) < 4.78 is 0. The van der Waals surface area contributed by atoms with Gasteiger partial charge in [0.05, 0.1) is 17.9 Å². The molecule has 1 aliphatic heterocycles.